The predicted molar refractivity (Wildman–Crippen MR) is 79.2 cm³/mol. The van der Waals surface area contributed by atoms with E-state index in [-0.39, 0.29) is 6.15 Å². The van der Waals surface area contributed by atoms with Crippen LogP contribution in [-0.2, 0) is 20.9 Å². The molecule has 0 saturated carbocycles. The molecule has 0 aliphatic heterocycles. The lowest BCUT2D eigenvalue weighted by Gasteiger charge is -2.16. The summed E-state index contributed by atoms with van der Waals surface area (Å²) in [5.41, 5.74) is -2.25. The Balaban J connectivity index is 0. The van der Waals surface area contributed by atoms with Crippen molar-refractivity contribution in [3.05, 3.63) is 0 Å². The van der Waals surface area contributed by atoms with Gasteiger partial charge in [-0.05, 0) is 24.6 Å². The second-order valence-electron chi connectivity index (χ2n) is 3.55. The fraction of sp³-hybridized carbons (Fsp3) is 1.00. The summed E-state index contributed by atoms with van der Waals surface area (Å²) in [5, 5.41) is 0. The van der Waals surface area contributed by atoms with Crippen molar-refractivity contribution in [1.82, 2.24) is 6.15 Å². The van der Waals surface area contributed by atoms with Gasteiger partial charge in [0.25, 0.3) is 0 Å². The molecule has 0 bridgehead atoms. The molecular formula is C10H26NO2PS2. The maximum atomic E-state index is 5.48. The number of rotatable bonds is 10. The van der Waals surface area contributed by atoms with Gasteiger partial charge < -0.3 is 15.2 Å². The molecular weight excluding hydrogens is 261 g/mol. The Morgan fingerprint density at radius 3 is 1.62 bits per heavy atom. The first kappa shape index (κ1) is 19.2. The summed E-state index contributed by atoms with van der Waals surface area (Å²) in [6, 6.07) is 0. The Morgan fingerprint density at radius 1 is 0.938 bits per heavy atom. The summed E-state index contributed by atoms with van der Waals surface area (Å²) in [4.78, 5) is 0. The molecule has 16 heavy (non-hydrogen) atoms. The first-order valence-corrected chi connectivity index (χ1v) is 9.53. The van der Waals surface area contributed by atoms with E-state index >= 15 is 0 Å². The van der Waals surface area contributed by atoms with Crippen molar-refractivity contribution in [2.45, 2.75) is 52.4 Å². The molecule has 100 valence electrons. The fourth-order valence-electron chi connectivity index (χ4n) is 1.10. The van der Waals surface area contributed by atoms with E-state index in [0.29, 0.717) is 13.2 Å². The Morgan fingerprint density at radius 2 is 1.31 bits per heavy atom. The zero-order valence-electron chi connectivity index (χ0n) is 10.5. The highest BCUT2D eigenvalue weighted by Crippen LogP contribution is 2.53. The van der Waals surface area contributed by atoms with E-state index in [1.54, 1.807) is 0 Å². The zero-order valence-corrected chi connectivity index (χ0v) is 13.1. The molecule has 0 fully saturated rings. The zero-order chi connectivity index (χ0) is 11.6. The normalized spacial score (nSPS) is 11.2. The average Bonchev–Trinajstić information content (AvgIpc) is 2.20. The van der Waals surface area contributed by atoms with E-state index < -0.39 is 5.69 Å². The highest BCUT2D eigenvalue weighted by atomic mass is 32.9. The summed E-state index contributed by atoms with van der Waals surface area (Å²) < 4.78 is 11.0. The highest BCUT2D eigenvalue weighted by molar-refractivity contribution is 8.60. The third kappa shape index (κ3) is 12.9. The minimum Gasteiger partial charge on any atom is -0.344 e. The van der Waals surface area contributed by atoms with Gasteiger partial charge in [0.05, 0.1) is 13.2 Å². The fourth-order valence-corrected chi connectivity index (χ4v) is 2.83. The van der Waals surface area contributed by atoms with Crippen molar-refractivity contribution in [1.29, 1.82) is 0 Å². The van der Waals surface area contributed by atoms with Crippen LogP contribution in [0.25, 0.3) is 0 Å². The first-order valence-electron chi connectivity index (χ1n) is 5.74. The van der Waals surface area contributed by atoms with Crippen molar-refractivity contribution >= 4 is 29.7 Å². The number of unbranched alkanes of at least 4 members (excludes halogenated alkanes) is 4. The molecule has 0 amide bonds. The van der Waals surface area contributed by atoms with Gasteiger partial charge in [0.15, 0.2) is 0 Å². The predicted octanol–water partition coefficient (Wildman–Crippen LogP) is 4.72. The van der Waals surface area contributed by atoms with Crippen molar-refractivity contribution < 1.29 is 9.05 Å². The van der Waals surface area contributed by atoms with E-state index in [4.69, 9.17) is 20.9 Å². The molecule has 0 aromatic heterocycles. The highest BCUT2D eigenvalue weighted by Gasteiger charge is 2.11. The minimum absolute atomic E-state index is 0. The maximum absolute atomic E-state index is 5.48. The van der Waals surface area contributed by atoms with Crippen LogP contribution in [0.1, 0.15) is 52.4 Å². The molecule has 0 atom stereocenters. The van der Waals surface area contributed by atoms with E-state index in [1.807, 2.05) is 0 Å². The molecule has 3 N–H and O–H groups in total. The molecule has 0 heterocycles. The summed E-state index contributed by atoms with van der Waals surface area (Å²) >= 11 is 9.45. The van der Waals surface area contributed by atoms with Gasteiger partial charge in [-0.15, -0.1) is 0 Å². The van der Waals surface area contributed by atoms with Crippen molar-refractivity contribution in [3.8, 4) is 0 Å². The minimum atomic E-state index is -2.25. The van der Waals surface area contributed by atoms with Gasteiger partial charge in [-0.3, -0.25) is 0 Å². The molecule has 0 aromatic rings. The molecule has 6 heteroatoms. The molecule has 0 aliphatic rings. The topological polar surface area (TPSA) is 53.5 Å². The summed E-state index contributed by atoms with van der Waals surface area (Å²) in [6.45, 7) is 5.70. The van der Waals surface area contributed by atoms with Crippen LogP contribution in [0, 0.1) is 0 Å². The summed E-state index contributed by atoms with van der Waals surface area (Å²) in [7, 11) is 0. The SMILES string of the molecule is CCCCCOP(=S)(S)OCCCCC.N. The molecule has 3 nitrogen and oxygen atoms in total. The number of hydrogen-bond donors (Lipinski definition) is 2. The third-order valence-electron chi connectivity index (χ3n) is 2.00. The summed E-state index contributed by atoms with van der Waals surface area (Å²) in [6.07, 6.45) is 6.84. The maximum Gasteiger partial charge on any atom is 0.244 e. The van der Waals surface area contributed by atoms with Crippen LogP contribution in [0.2, 0.25) is 0 Å². The largest absolute Gasteiger partial charge is 0.344 e. The Hall–Kier alpha value is 0.880. The van der Waals surface area contributed by atoms with Crippen LogP contribution >= 0.6 is 17.9 Å². The van der Waals surface area contributed by atoms with Crippen LogP contribution in [-0.4, -0.2) is 13.2 Å². The number of thiol groups is 1. The molecule has 0 rings (SSSR count). The lowest BCUT2D eigenvalue weighted by atomic mass is 10.3. The van der Waals surface area contributed by atoms with E-state index in [9.17, 15) is 0 Å². The van der Waals surface area contributed by atoms with Gasteiger partial charge in [-0.2, -0.15) is 0 Å². The van der Waals surface area contributed by atoms with Crippen LogP contribution in [0.5, 0.6) is 0 Å². The number of hydrogen-bond acceptors (Lipinski definition) is 4. The van der Waals surface area contributed by atoms with Crippen LogP contribution in [0.3, 0.4) is 0 Å². The van der Waals surface area contributed by atoms with Crippen LogP contribution < -0.4 is 6.15 Å². The van der Waals surface area contributed by atoms with Gasteiger partial charge in [0.2, 0.25) is 5.69 Å². The van der Waals surface area contributed by atoms with E-state index in [1.165, 1.54) is 25.7 Å². The van der Waals surface area contributed by atoms with Crippen LogP contribution in [0.4, 0.5) is 0 Å². The van der Waals surface area contributed by atoms with Crippen molar-refractivity contribution in [2.75, 3.05) is 13.2 Å². The smallest absolute Gasteiger partial charge is 0.244 e. The second-order valence-corrected chi connectivity index (χ2v) is 8.84. The van der Waals surface area contributed by atoms with Gasteiger partial charge in [0.1, 0.15) is 0 Å². The van der Waals surface area contributed by atoms with Gasteiger partial charge in [-0.25, -0.2) is 0 Å². The van der Waals surface area contributed by atoms with Gasteiger partial charge >= 0.3 is 0 Å². The molecule has 0 unspecified atom stereocenters. The first-order chi connectivity index (χ1) is 7.12. The Kier molecular flexibility index (Phi) is 14.8. The third-order valence-corrected chi connectivity index (χ3v) is 4.35. The lowest BCUT2D eigenvalue weighted by molar-refractivity contribution is 0.251. The second kappa shape index (κ2) is 12.3. The standard InChI is InChI=1S/C10H23O2PS2.H3N/c1-3-5-7-9-11-13(14,15)12-10-8-6-4-2;/h3-10H2,1-2H3,(H,14,15);1H3. The van der Waals surface area contributed by atoms with Crippen molar-refractivity contribution in [3.63, 3.8) is 0 Å². The van der Waals surface area contributed by atoms with Crippen LogP contribution in [0.15, 0.2) is 0 Å². The Labute approximate surface area is 111 Å². The molecule has 0 aromatic carbocycles. The summed E-state index contributed by atoms with van der Waals surface area (Å²) in [5.74, 6) is 0. The van der Waals surface area contributed by atoms with Gasteiger partial charge in [0, 0.05) is 0 Å². The van der Waals surface area contributed by atoms with Crippen molar-refractivity contribution in [2.24, 2.45) is 0 Å². The Bertz CT molecular complexity index is 178. The van der Waals surface area contributed by atoms with E-state index in [2.05, 4.69) is 26.1 Å². The molecule has 0 spiro atoms. The van der Waals surface area contributed by atoms with E-state index in [0.717, 1.165) is 12.8 Å². The lowest BCUT2D eigenvalue weighted by Crippen LogP contribution is -1.95. The monoisotopic (exact) mass is 287 g/mol. The molecule has 0 aliphatic carbocycles. The quantitative estimate of drug-likeness (QED) is 0.347. The van der Waals surface area contributed by atoms with Gasteiger partial charge in [-0.1, -0.05) is 51.8 Å². The molecule has 0 radical (unpaired) electrons. The average molecular weight is 287 g/mol. The molecule has 0 saturated heterocycles.